The maximum atomic E-state index is 12.3. The number of carboxylic acids is 1. The van der Waals surface area contributed by atoms with Gasteiger partial charge in [0, 0.05) is 12.1 Å². The van der Waals surface area contributed by atoms with Crippen LogP contribution in [0.15, 0.2) is 50.4 Å². The number of aromatic nitrogens is 2. The summed E-state index contributed by atoms with van der Waals surface area (Å²) in [6, 6.07) is 9.08. The number of nitrogens with one attached hydrogen (secondary N) is 1. The van der Waals surface area contributed by atoms with Crippen molar-refractivity contribution in [2.75, 3.05) is 0 Å². The molecular formula is C16H8N2O5. The van der Waals surface area contributed by atoms with Gasteiger partial charge < -0.3 is 14.5 Å². The van der Waals surface area contributed by atoms with Gasteiger partial charge in [0.15, 0.2) is 16.8 Å². The van der Waals surface area contributed by atoms with E-state index in [2.05, 4.69) is 9.97 Å². The molecule has 0 atom stereocenters. The van der Waals surface area contributed by atoms with E-state index in [4.69, 9.17) is 9.52 Å². The highest BCUT2D eigenvalue weighted by atomic mass is 16.4. The number of fused-ring (bicyclic) bond motifs is 4. The van der Waals surface area contributed by atoms with Crippen LogP contribution in [-0.2, 0) is 0 Å². The number of para-hydroxylation sites is 2. The summed E-state index contributed by atoms with van der Waals surface area (Å²) in [4.78, 5) is 42.4. The minimum absolute atomic E-state index is 0.0204. The van der Waals surface area contributed by atoms with Gasteiger partial charge in [-0.2, -0.15) is 0 Å². The summed E-state index contributed by atoms with van der Waals surface area (Å²) in [5, 5.41) is 9.03. The second-order valence-electron chi connectivity index (χ2n) is 5.01. The predicted octanol–water partition coefficient (Wildman–Crippen LogP) is 1.83. The van der Waals surface area contributed by atoms with Crippen LogP contribution in [0.2, 0.25) is 0 Å². The smallest absolute Gasteiger partial charge is 0.352 e. The molecule has 0 amide bonds. The highest BCUT2D eigenvalue weighted by Gasteiger charge is 2.20. The van der Waals surface area contributed by atoms with E-state index in [1.807, 2.05) is 0 Å². The summed E-state index contributed by atoms with van der Waals surface area (Å²) >= 11 is 0. The molecular weight excluding hydrogens is 300 g/mol. The first-order chi connectivity index (χ1) is 11.0. The van der Waals surface area contributed by atoms with Gasteiger partial charge in [-0.1, -0.05) is 12.1 Å². The predicted molar refractivity (Wildman–Crippen MR) is 82.0 cm³/mol. The van der Waals surface area contributed by atoms with E-state index in [9.17, 15) is 14.4 Å². The molecule has 1 aliphatic heterocycles. The van der Waals surface area contributed by atoms with E-state index in [0.29, 0.717) is 11.1 Å². The molecule has 2 aliphatic rings. The van der Waals surface area contributed by atoms with Crippen molar-refractivity contribution >= 4 is 28.0 Å². The molecule has 0 radical (unpaired) electrons. The van der Waals surface area contributed by atoms with Crippen molar-refractivity contribution in [1.82, 2.24) is 9.97 Å². The van der Waals surface area contributed by atoms with Crippen molar-refractivity contribution in [2.24, 2.45) is 0 Å². The van der Waals surface area contributed by atoms with Crippen LogP contribution in [0.3, 0.4) is 0 Å². The molecule has 2 N–H and O–H groups in total. The zero-order valence-corrected chi connectivity index (χ0v) is 11.5. The largest absolute Gasteiger partial charge is 0.477 e. The van der Waals surface area contributed by atoms with Crippen molar-refractivity contribution in [3.05, 3.63) is 62.5 Å². The second-order valence-corrected chi connectivity index (χ2v) is 5.01. The zero-order valence-electron chi connectivity index (χ0n) is 11.5. The van der Waals surface area contributed by atoms with Gasteiger partial charge in [0.05, 0.1) is 5.39 Å². The Hall–Kier alpha value is -3.48. The first-order valence-electron chi connectivity index (χ1n) is 6.67. The fraction of sp³-hybridized carbons (Fsp3) is 0. The number of rotatable bonds is 1. The molecule has 1 aromatic heterocycles. The Morgan fingerprint density at radius 1 is 1.13 bits per heavy atom. The van der Waals surface area contributed by atoms with Crippen LogP contribution in [0.4, 0.5) is 0 Å². The number of benzene rings is 2. The average Bonchev–Trinajstić information content (AvgIpc) is 2.53. The highest BCUT2D eigenvalue weighted by Crippen LogP contribution is 2.27. The average molecular weight is 308 g/mol. The molecule has 1 aromatic carbocycles. The van der Waals surface area contributed by atoms with Gasteiger partial charge in [-0.25, -0.2) is 9.78 Å². The quantitative estimate of drug-likeness (QED) is 0.409. The summed E-state index contributed by atoms with van der Waals surface area (Å²) < 4.78 is 5.64. The Bertz CT molecular complexity index is 1190. The van der Waals surface area contributed by atoms with Gasteiger partial charge in [0.25, 0.3) is 0 Å². The van der Waals surface area contributed by atoms with Crippen molar-refractivity contribution in [3.8, 4) is 11.5 Å². The first kappa shape index (κ1) is 13.2. The standard InChI is InChI=1S/C16H8N2O5/c19-9-5-8(16(21)22)18-14-10(20)6-12-15(13(9)14)17-7-3-1-2-4-11(7)23-12/h1-6H,(H,18,19)(H,21,22). The number of aromatic carboxylic acids is 1. The van der Waals surface area contributed by atoms with Crippen LogP contribution in [0.25, 0.3) is 33.5 Å². The summed E-state index contributed by atoms with van der Waals surface area (Å²) in [6.07, 6.45) is 0. The molecule has 2 heterocycles. The maximum absolute atomic E-state index is 12.3. The number of nitrogens with zero attached hydrogens (tertiary/aromatic N) is 1. The zero-order chi connectivity index (χ0) is 16.1. The van der Waals surface area contributed by atoms with E-state index in [1.54, 1.807) is 24.3 Å². The number of carboxylic acid groups (broad SMARTS) is 1. The van der Waals surface area contributed by atoms with Crippen LogP contribution < -0.4 is 10.9 Å². The Morgan fingerprint density at radius 2 is 1.91 bits per heavy atom. The molecule has 0 fully saturated rings. The van der Waals surface area contributed by atoms with Gasteiger partial charge in [-0.15, -0.1) is 0 Å². The highest BCUT2D eigenvalue weighted by molar-refractivity contribution is 5.96. The molecule has 23 heavy (non-hydrogen) atoms. The molecule has 112 valence electrons. The fourth-order valence-electron chi connectivity index (χ4n) is 2.54. The topological polar surface area (TPSA) is 113 Å². The van der Waals surface area contributed by atoms with Crippen molar-refractivity contribution in [3.63, 3.8) is 0 Å². The van der Waals surface area contributed by atoms with E-state index in [1.165, 1.54) is 6.07 Å². The Kier molecular flexibility index (Phi) is 2.59. The fourth-order valence-corrected chi connectivity index (χ4v) is 2.54. The monoisotopic (exact) mass is 308 g/mol. The summed E-state index contributed by atoms with van der Waals surface area (Å²) in [7, 11) is 0. The summed E-state index contributed by atoms with van der Waals surface area (Å²) in [5.41, 5.74) is -0.349. The first-order valence-corrected chi connectivity index (χ1v) is 6.67. The third-order valence-corrected chi connectivity index (χ3v) is 3.56. The normalized spacial score (nSPS) is 11.3. The van der Waals surface area contributed by atoms with E-state index >= 15 is 0 Å². The third-order valence-electron chi connectivity index (χ3n) is 3.56. The van der Waals surface area contributed by atoms with Crippen LogP contribution in [0.1, 0.15) is 10.5 Å². The number of hydrogen-bond donors (Lipinski definition) is 2. The SMILES string of the molecule is O=C(O)c1cc(=O)c2c3nc4ccccc4oc-3cc(=O)c2[nH]1. The Balaban J connectivity index is 2.26. The molecule has 7 heteroatoms. The van der Waals surface area contributed by atoms with Gasteiger partial charge in [-0.05, 0) is 12.1 Å². The molecule has 1 aliphatic carbocycles. The molecule has 0 spiro atoms. The Labute approximate surface area is 127 Å². The summed E-state index contributed by atoms with van der Waals surface area (Å²) in [6.45, 7) is 0. The minimum atomic E-state index is -1.32. The number of carbonyl (C=O) groups is 1. The Morgan fingerprint density at radius 3 is 2.70 bits per heavy atom. The molecule has 0 unspecified atom stereocenters. The van der Waals surface area contributed by atoms with Crippen molar-refractivity contribution < 1.29 is 14.3 Å². The van der Waals surface area contributed by atoms with Gasteiger partial charge in [0.1, 0.15) is 22.4 Å². The number of hydrogen-bond acceptors (Lipinski definition) is 5. The molecule has 2 aromatic rings. The van der Waals surface area contributed by atoms with Gasteiger partial charge >= 0.3 is 5.97 Å². The van der Waals surface area contributed by atoms with Crippen LogP contribution in [0.5, 0.6) is 0 Å². The van der Waals surface area contributed by atoms with Crippen LogP contribution >= 0.6 is 0 Å². The maximum Gasteiger partial charge on any atom is 0.352 e. The number of pyridine rings is 1. The van der Waals surface area contributed by atoms with Crippen molar-refractivity contribution in [2.45, 2.75) is 0 Å². The lowest BCUT2D eigenvalue weighted by Crippen LogP contribution is -2.17. The molecule has 0 saturated heterocycles. The van der Waals surface area contributed by atoms with E-state index < -0.39 is 16.8 Å². The minimum Gasteiger partial charge on any atom is -0.477 e. The number of H-pyrrole nitrogens is 1. The molecule has 4 rings (SSSR count). The van der Waals surface area contributed by atoms with Gasteiger partial charge in [-0.3, -0.25) is 9.59 Å². The van der Waals surface area contributed by atoms with Gasteiger partial charge in [0.2, 0.25) is 5.43 Å². The lowest BCUT2D eigenvalue weighted by atomic mass is 10.1. The lowest BCUT2D eigenvalue weighted by molar-refractivity contribution is 0.0691. The van der Waals surface area contributed by atoms with Crippen LogP contribution in [0, 0.1) is 0 Å². The molecule has 0 saturated carbocycles. The summed E-state index contributed by atoms with van der Waals surface area (Å²) in [5.74, 6) is -1.14. The number of aromatic amines is 1. The third kappa shape index (κ3) is 1.90. The molecule has 0 bridgehead atoms. The van der Waals surface area contributed by atoms with E-state index in [0.717, 1.165) is 6.07 Å². The van der Waals surface area contributed by atoms with E-state index in [-0.39, 0.29) is 28.1 Å². The lowest BCUT2D eigenvalue weighted by Gasteiger charge is -2.09. The van der Waals surface area contributed by atoms with Crippen LogP contribution in [-0.4, -0.2) is 21.0 Å². The molecule has 7 nitrogen and oxygen atoms in total. The second kappa shape index (κ2) is 4.51. The van der Waals surface area contributed by atoms with Crippen molar-refractivity contribution in [1.29, 1.82) is 0 Å².